The number of nitrogens with one attached hydrogen (secondary N) is 1. The maximum absolute atomic E-state index is 8.49. The highest BCUT2D eigenvalue weighted by molar-refractivity contribution is 6.03. The van der Waals surface area contributed by atoms with E-state index in [9.17, 15) is 0 Å². The van der Waals surface area contributed by atoms with E-state index in [1.54, 1.807) is 0 Å². The van der Waals surface area contributed by atoms with Crippen LogP contribution in [0.25, 0.3) is 0 Å². The summed E-state index contributed by atoms with van der Waals surface area (Å²) in [6.07, 6.45) is 0.392. The summed E-state index contributed by atoms with van der Waals surface area (Å²) < 4.78 is 0. The molecule has 0 radical (unpaired) electrons. The van der Waals surface area contributed by atoms with Crippen LogP contribution in [0, 0.1) is 10.8 Å². The van der Waals surface area contributed by atoms with Crippen LogP contribution in [0.4, 0.5) is 0 Å². The number of aliphatic imine (C=N–C) groups is 1. The molecule has 0 aromatic carbocycles. The molecule has 0 fully saturated rings. The summed E-state index contributed by atoms with van der Waals surface area (Å²) >= 11 is 0. The van der Waals surface area contributed by atoms with Gasteiger partial charge in [-0.2, -0.15) is 0 Å². The van der Waals surface area contributed by atoms with Gasteiger partial charge in [0.25, 0.3) is 0 Å². The second-order valence-electron chi connectivity index (χ2n) is 4.00. The third-order valence-electron chi connectivity index (χ3n) is 1.68. The van der Waals surface area contributed by atoms with E-state index in [1.807, 2.05) is 20.8 Å². The maximum atomic E-state index is 8.49. The number of nitrogens with zero attached hydrogens (tertiary/aromatic N) is 1. The van der Waals surface area contributed by atoms with Gasteiger partial charge in [0, 0.05) is 12.1 Å². The molecule has 0 heterocycles. The normalized spacial score (nSPS) is 13.1. The maximum Gasteiger partial charge on any atom is 0.0994 e. The molecule has 0 bridgehead atoms. The van der Waals surface area contributed by atoms with Gasteiger partial charge in [0.1, 0.15) is 0 Å². The second-order valence-corrected chi connectivity index (χ2v) is 4.00. The molecule has 0 aromatic heterocycles. The van der Waals surface area contributed by atoms with E-state index < -0.39 is 0 Å². The Morgan fingerprint density at radius 2 is 2.00 bits per heavy atom. The lowest BCUT2D eigenvalue weighted by Gasteiger charge is -2.19. The number of aliphatic hydroxyl groups excluding tert-OH is 1. The topological polar surface area (TPSA) is 82.5 Å². The number of aliphatic hydroxyl groups is 1. The van der Waals surface area contributed by atoms with Gasteiger partial charge in [-0.3, -0.25) is 4.99 Å². The fourth-order valence-electron chi connectivity index (χ4n) is 0.696. The van der Waals surface area contributed by atoms with Crippen LogP contribution >= 0.6 is 0 Å². The summed E-state index contributed by atoms with van der Waals surface area (Å²) in [5.74, 6) is 0.425. The Labute approximate surface area is 79.4 Å². The number of amidine groups is 1. The summed E-state index contributed by atoms with van der Waals surface area (Å²) in [7, 11) is 0. The average Bonchev–Trinajstić information content (AvgIpc) is 1.99. The minimum absolute atomic E-state index is 0.00352. The lowest BCUT2D eigenvalue weighted by Crippen LogP contribution is -2.26. The van der Waals surface area contributed by atoms with Gasteiger partial charge < -0.3 is 16.2 Å². The number of hydrogen-bond donors (Lipinski definition) is 3. The smallest absolute Gasteiger partial charge is 0.0994 e. The van der Waals surface area contributed by atoms with E-state index in [-0.39, 0.29) is 12.0 Å². The molecule has 0 spiro atoms. The van der Waals surface area contributed by atoms with Crippen molar-refractivity contribution in [2.45, 2.75) is 27.2 Å². The molecule has 0 saturated carbocycles. The van der Waals surface area contributed by atoms with E-state index in [0.29, 0.717) is 24.5 Å². The molecule has 0 aliphatic carbocycles. The highest BCUT2D eigenvalue weighted by Crippen LogP contribution is 2.16. The van der Waals surface area contributed by atoms with E-state index in [2.05, 4.69) is 4.99 Å². The SMILES string of the molecule is CC(C)(C)C(=N)CC(N)=NCCO. The van der Waals surface area contributed by atoms with Gasteiger partial charge in [0.05, 0.1) is 19.0 Å². The molecule has 0 aliphatic rings. The summed E-state index contributed by atoms with van der Waals surface area (Å²) in [6, 6.07) is 0. The third kappa shape index (κ3) is 5.36. The number of nitrogens with two attached hydrogens (primary N) is 1. The average molecular weight is 185 g/mol. The first-order valence-corrected chi connectivity index (χ1v) is 4.35. The van der Waals surface area contributed by atoms with Crippen molar-refractivity contribution in [3.05, 3.63) is 0 Å². The molecule has 0 aliphatic heterocycles. The van der Waals surface area contributed by atoms with Crippen LogP contribution in [0.1, 0.15) is 27.2 Å². The van der Waals surface area contributed by atoms with E-state index in [4.69, 9.17) is 16.2 Å². The van der Waals surface area contributed by atoms with Gasteiger partial charge in [0.15, 0.2) is 0 Å². The van der Waals surface area contributed by atoms with E-state index >= 15 is 0 Å². The number of rotatable bonds is 4. The van der Waals surface area contributed by atoms with Crippen molar-refractivity contribution in [2.24, 2.45) is 16.1 Å². The van der Waals surface area contributed by atoms with Gasteiger partial charge in [-0.15, -0.1) is 0 Å². The summed E-state index contributed by atoms with van der Waals surface area (Å²) in [5, 5.41) is 16.2. The molecule has 0 amide bonds. The van der Waals surface area contributed by atoms with Crippen LogP contribution in [0.15, 0.2) is 4.99 Å². The minimum atomic E-state index is -0.153. The van der Waals surface area contributed by atoms with Crippen molar-refractivity contribution in [1.29, 1.82) is 5.41 Å². The van der Waals surface area contributed by atoms with Crippen LogP contribution in [0.3, 0.4) is 0 Å². The van der Waals surface area contributed by atoms with Gasteiger partial charge in [-0.05, 0) is 5.41 Å². The molecule has 0 unspecified atom stereocenters. The van der Waals surface area contributed by atoms with Gasteiger partial charge in [-0.25, -0.2) is 0 Å². The second kappa shape index (κ2) is 4.97. The van der Waals surface area contributed by atoms with Crippen LogP contribution < -0.4 is 5.73 Å². The molecule has 0 aromatic rings. The van der Waals surface area contributed by atoms with Crippen LogP contribution in [0.5, 0.6) is 0 Å². The zero-order chi connectivity index (χ0) is 10.5. The molecular weight excluding hydrogens is 166 g/mol. The first-order valence-electron chi connectivity index (χ1n) is 4.35. The highest BCUT2D eigenvalue weighted by atomic mass is 16.3. The van der Waals surface area contributed by atoms with E-state index in [1.165, 1.54) is 0 Å². The Hall–Kier alpha value is -0.900. The van der Waals surface area contributed by atoms with Gasteiger partial charge >= 0.3 is 0 Å². The van der Waals surface area contributed by atoms with Crippen molar-refractivity contribution in [2.75, 3.05) is 13.2 Å². The lowest BCUT2D eigenvalue weighted by molar-refractivity contribution is 0.307. The quantitative estimate of drug-likeness (QED) is 0.447. The Morgan fingerprint density at radius 3 is 2.38 bits per heavy atom. The minimum Gasteiger partial charge on any atom is -0.394 e. The largest absolute Gasteiger partial charge is 0.394 e. The van der Waals surface area contributed by atoms with Crippen LogP contribution in [0.2, 0.25) is 0 Å². The molecule has 4 nitrogen and oxygen atoms in total. The Bertz CT molecular complexity index is 203. The Balaban J connectivity index is 4.07. The summed E-state index contributed by atoms with van der Waals surface area (Å²) in [6.45, 7) is 6.23. The predicted octanol–water partition coefficient (Wildman–Crippen LogP) is 0.792. The fraction of sp³-hybridized carbons (Fsp3) is 0.778. The van der Waals surface area contributed by atoms with Gasteiger partial charge in [-0.1, -0.05) is 20.8 Å². The van der Waals surface area contributed by atoms with Crippen molar-refractivity contribution in [1.82, 2.24) is 0 Å². The van der Waals surface area contributed by atoms with Crippen LogP contribution in [-0.4, -0.2) is 29.8 Å². The Kier molecular flexibility index (Phi) is 4.62. The first-order chi connectivity index (χ1) is 5.88. The number of hydrogen-bond acceptors (Lipinski definition) is 3. The zero-order valence-corrected chi connectivity index (χ0v) is 8.59. The molecule has 76 valence electrons. The summed E-state index contributed by atoms with van der Waals surface area (Å²) in [5.41, 5.74) is 5.96. The van der Waals surface area contributed by atoms with Crippen molar-refractivity contribution in [3.8, 4) is 0 Å². The lowest BCUT2D eigenvalue weighted by atomic mass is 9.88. The first kappa shape index (κ1) is 12.1. The third-order valence-corrected chi connectivity index (χ3v) is 1.68. The van der Waals surface area contributed by atoms with Crippen molar-refractivity contribution in [3.63, 3.8) is 0 Å². The molecule has 0 saturated heterocycles. The molecule has 0 rings (SSSR count). The zero-order valence-electron chi connectivity index (χ0n) is 8.59. The molecule has 13 heavy (non-hydrogen) atoms. The molecule has 4 heteroatoms. The highest BCUT2D eigenvalue weighted by Gasteiger charge is 2.17. The van der Waals surface area contributed by atoms with E-state index in [0.717, 1.165) is 0 Å². The Morgan fingerprint density at radius 1 is 1.46 bits per heavy atom. The monoisotopic (exact) mass is 185 g/mol. The summed E-state index contributed by atoms with van der Waals surface area (Å²) in [4.78, 5) is 3.90. The van der Waals surface area contributed by atoms with Crippen molar-refractivity contribution >= 4 is 11.5 Å². The molecule has 4 N–H and O–H groups in total. The molecular formula is C9H19N3O. The predicted molar refractivity (Wildman–Crippen MR) is 55.4 cm³/mol. The van der Waals surface area contributed by atoms with Crippen molar-refractivity contribution < 1.29 is 5.11 Å². The standard InChI is InChI=1S/C9H19N3O/c1-9(2,3)7(10)6-8(11)12-4-5-13/h10,13H,4-6H2,1-3H3,(H2,11,12). The van der Waals surface area contributed by atoms with Crippen LogP contribution in [-0.2, 0) is 0 Å². The molecule has 0 atom stereocenters. The van der Waals surface area contributed by atoms with Gasteiger partial charge in [0.2, 0.25) is 0 Å². The fourth-order valence-corrected chi connectivity index (χ4v) is 0.696.